The van der Waals surface area contributed by atoms with E-state index in [4.69, 9.17) is 5.73 Å². The van der Waals surface area contributed by atoms with Crippen molar-refractivity contribution in [2.24, 2.45) is 11.1 Å². The molecule has 1 saturated heterocycles. The summed E-state index contributed by atoms with van der Waals surface area (Å²) in [6, 6.07) is 0. The van der Waals surface area contributed by atoms with E-state index < -0.39 is 16.9 Å². The van der Waals surface area contributed by atoms with E-state index in [9.17, 15) is 14.4 Å². The molecule has 1 rings (SSSR count). The normalized spacial score (nSPS) is 21.6. The lowest BCUT2D eigenvalue weighted by Crippen LogP contribution is -2.51. The summed E-state index contributed by atoms with van der Waals surface area (Å²) < 4.78 is 0. The molecule has 1 fully saturated rings. The van der Waals surface area contributed by atoms with Crippen LogP contribution in [-0.2, 0) is 14.4 Å². The van der Waals surface area contributed by atoms with Crippen molar-refractivity contribution in [3.63, 3.8) is 0 Å². The quantitative estimate of drug-likeness (QED) is 0.665. The van der Waals surface area contributed by atoms with Crippen LogP contribution >= 0.6 is 0 Å². The second-order valence-electron chi connectivity index (χ2n) is 5.96. The predicted octanol–water partition coefficient (Wildman–Crippen LogP) is 0.0151. The molecule has 0 saturated carbocycles. The number of primary amides is 1. The van der Waals surface area contributed by atoms with Gasteiger partial charge < -0.3 is 11.1 Å². The molecule has 6 heteroatoms. The molecular weight excluding hydrogens is 246 g/mol. The van der Waals surface area contributed by atoms with E-state index in [1.54, 1.807) is 27.8 Å². The highest BCUT2D eigenvalue weighted by Gasteiger charge is 2.44. The van der Waals surface area contributed by atoms with Crippen LogP contribution in [0.4, 0.5) is 0 Å². The zero-order valence-corrected chi connectivity index (χ0v) is 12.1. The Kier molecular flexibility index (Phi) is 4.35. The van der Waals surface area contributed by atoms with Gasteiger partial charge in [-0.2, -0.15) is 0 Å². The van der Waals surface area contributed by atoms with Crippen LogP contribution in [0, 0.1) is 5.41 Å². The molecule has 1 unspecified atom stereocenters. The summed E-state index contributed by atoms with van der Waals surface area (Å²) in [5.74, 6) is -0.711. The molecule has 0 aliphatic carbocycles. The van der Waals surface area contributed by atoms with Gasteiger partial charge in [0.05, 0.1) is 11.0 Å². The number of nitrogens with zero attached hydrogens (tertiary/aromatic N) is 1. The molecule has 1 aliphatic heterocycles. The van der Waals surface area contributed by atoms with Crippen molar-refractivity contribution < 1.29 is 14.4 Å². The Hall–Kier alpha value is -1.43. The van der Waals surface area contributed by atoms with Crippen molar-refractivity contribution in [2.45, 2.75) is 45.6 Å². The van der Waals surface area contributed by atoms with Gasteiger partial charge in [-0.05, 0) is 26.8 Å². The molecule has 1 atom stereocenters. The van der Waals surface area contributed by atoms with Crippen molar-refractivity contribution >= 4 is 17.7 Å². The van der Waals surface area contributed by atoms with Crippen molar-refractivity contribution in [2.75, 3.05) is 13.6 Å². The van der Waals surface area contributed by atoms with Crippen LogP contribution in [0.25, 0.3) is 0 Å². The van der Waals surface area contributed by atoms with Gasteiger partial charge in [0.1, 0.15) is 0 Å². The Morgan fingerprint density at radius 2 is 2.05 bits per heavy atom. The first-order chi connectivity index (χ1) is 8.64. The standard InChI is InChI=1S/C13H23N3O3/c1-12(2)8-9(17)16(11(12)19)7-5-6-13(3,15-4)10(14)18/h15H,5-8H2,1-4H3,(H2,14,18). The maximum atomic E-state index is 12.0. The molecule has 1 aliphatic rings. The average Bonchev–Trinajstić information content (AvgIpc) is 2.50. The Balaban J connectivity index is 2.57. The number of hydrogen-bond acceptors (Lipinski definition) is 4. The second kappa shape index (κ2) is 5.28. The topological polar surface area (TPSA) is 92.5 Å². The molecule has 0 aromatic heterocycles. The maximum Gasteiger partial charge on any atom is 0.237 e. The third-order valence-electron chi connectivity index (χ3n) is 3.87. The number of hydrogen-bond donors (Lipinski definition) is 2. The molecule has 0 aromatic carbocycles. The number of imide groups is 1. The number of carbonyl (C=O) groups excluding carboxylic acids is 3. The van der Waals surface area contributed by atoms with E-state index in [1.165, 1.54) is 4.90 Å². The first kappa shape index (κ1) is 15.6. The summed E-state index contributed by atoms with van der Waals surface area (Å²) >= 11 is 0. The molecule has 6 nitrogen and oxygen atoms in total. The first-order valence-electron chi connectivity index (χ1n) is 6.48. The highest BCUT2D eigenvalue weighted by molar-refractivity contribution is 6.05. The fourth-order valence-corrected chi connectivity index (χ4v) is 2.22. The summed E-state index contributed by atoms with van der Waals surface area (Å²) in [5, 5.41) is 2.88. The van der Waals surface area contributed by atoms with Crippen molar-refractivity contribution in [3.8, 4) is 0 Å². The minimum Gasteiger partial charge on any atom is -0.368 e. The van der Waals surface area contributed by atoms with Crippen LogP contribution in [0.5, 0.6) is 0 Å². The molecule has 0 spiro atoms. The van der Waals surface area contributed by atoms with Crippen LogP contribution in [0.1, 0.15) is 40.0 Å². The molecule has 3 amide bonds. The number of nitrogens with one attached hydrogen (secondary N) is 1. The summed E-state index contributed by atoms with van der Waals surface area (Å²) in [5.41, 5.74) is 3.92. The fraction of sp³-hybridized carbons (Fsp3) is 0.769. The van der Waals surface area contributed by atoms with Crippen LogP contribution in [0.3, 0.4) is 0 Å². The fourth-order valence-electron chi connectivity index (χ4n) is 2.22. The zero-order chi connectivity index (χ0) is 14.8. The minimum atomic E-state index is -0.804. The number of likely N-dealkylation sites (tertiary alicyclic amines) is 1. The van der Waals surface area contributed by atoms with Gasteiger partial charge in [0, 0.05) is 13.0 Å². The van der Waals surface area contributed by atoms with Crippen LogP contribution in [0.2, 0.25) is 0 Å². The minimum absolute atomic E-state index is 0.136. The molecule has 3 N–H and O–H groups in total. The zero-order valence-electron chi connectivity index (χ0n) is 12.1. The third-order valence-corrected chi connectivity index (χ3v) is 3.87. The van der Waals surface area contributed by atoms with Gasteiger partial charge in [0.2, 0.25) is 17.7 Å². The molecule has 1 heterocycles. The van der Waals surface area contributed by atoms with Crippen molar-refractivity contribution in [1.82, 2.24) is 10.2 Å². The van der Waals surface area contributed by atoms with Gasteiger partial charge in [-0.3, -0.25) is 19.3 Å². The molecule has 0 bridgehead atoms. The lowest BCUT2D eigenvalue weighted by molar-refractivity contribution is -0.140. The van der Waals surface area contributed by atoms with Crippen LogP contribution in [0.15, 0.2) is 0 Å². The predicted molar refractivity (Wildman–Crippen MR) is 71.0 cm³/mol. The summed E-state index contributed by atoms with van der Waals surface area (Å²) in [4.78, 5) is 36.4. The Bertz CT molecular complexity index is 406. The van der Waals surface area contributed by atoms with E-state index in [1.807, 2.05) is 0 Å². The number of rotatable bonds is 6. The van der Waals surface area contributed by atoms with Crippen molar-refractivity contribution in [1.29, 1.82) is 0 Å². The van der Waals surface area contributed by atoms with E-state index in [-0.39, 0.29) is 18.2 Å². The average molecular weight is 269 g/mol. The molecular formula is C13H23N3O3. The highest BCUT2D eigenvalue weighted by Crippen LogP contribution is 2.31. The monoisotopic (exact) mass is 269 g/mol. The molecule has 0 radical (unpaired) electrons. The van der Waals surface area contributed by atoms with Gasteiger partial charge in [-0.25, -0.2) is 0 Å². The van der Waals surface area contributed by atoms with E-state index in [0.717, 1.165) is 0 Å². The SMILES string of the molecule is CNC(C)(CCCN1C(=O)CC(C)(C)C1=O)C(N)=O. The lowest BCUT2D eigenvalue weighted by atomic mass is 9.92. The van der Waals surface area contributed by atoms with Crippen LogP contribution in [-0.4, -0.2) is 41.8 Å². The van der Waals surface area contributed by atoms with Gasteiger partial charge in [-0.1, -0.05) is 13.8 Å². The number of likely N-dealkylation sites (N-methyl/N-ethyl adjacent to an activating group) is 1. The molecule has 108 valence electrons. The van der Waals surface area contributed by atoms with Gasteiger partial charge in [0.15, 0.2) is 0 Å². The van der Waals surface area contributed by atoms with E-state index in [2.05, 4.69) is 5.32 Å². The maximum absolute atomic E-state index is 12.0. The van der Waals surface area contributed by atoms with Gasteiger partial charge >= 0.3 is 0 Å². The summed E-state index contributed by atoms with van der Waals surface area (Å²) in [6.07, 6.45) is 1.29. The number of carbonyl (C=O) groups is 3. The Labute approximate surface area is 113 Å². The lowest BCUT2D eigenvalue weighted by Gasteiger charge is -2.26. The summed E-state index contributed by atoms with van der Waals surface area (Å²) in [6.45, 7) is 5.60. The largest absolute Gasteiger partial charge is 0.368 e. The van der Waals surface area contributed by atoms with Gasteiger partial charge in [-0.15, -0.1) is 0 Å². The third kappa shape index (κ3) is 3.12. The second-order valence-corrected chi connectivity index (χ2v) is 5.96. The van der Waals surface area contributed by atoms with Gasteiger partial charge in [0.25, 0.3) is 0 Å². The smallest absolute Gasteiger partial charge is 0.237 e. The summed E-state index contributed by atoms with van der Waals surface area (Å²) in [7, 11) is 1.67. The first-order valence-corrected chi connectivity index (χ1v) is 6.48. The van der Waals surface area contributed by atoms with Crippen LogP contribution < -0.4 is 11.1 Å². The number of amides is 3. The highest BCUT2D eigenvalue weighted by atomic mass is 16.2. The van der Waals surface area contributed by atoms with E-state index >= 15 is 0 Å². The number of nitrogens with two attached hydrogens (primary N) is 1. The molecule has 19 heavy (non-hydrogen) atoms. The van der Waals surface area contributed by atoms with Crippen molar-refractivity contribution in [3.05, 3.63) is 0 Å². The Morgan fingerprint density at radius 3 is 2.42 bits per heavy atom. The van der Waals surface area contributed by atoms with E-state index in [0.29, 0.717) is 19.4 Å². The molecule has 0 aromatic rings. The Morgan fingerprint density at radius 1 is 1.47 bits per heavy atom.